The predicted octanol–water partition coefficient (Wildman–Crippen LogP) is 0.694. The minimum atomic E-state index is -1.12. The van der Waals surface area contributed by atoms with E-state index < -0.39 is 11.5 Å². The summed E-state index contributed by atoms with van der Waals surface area (Å²) in [4.78, 5) is 36.4. The highest BCUT2D eigenvalue weighted by atomic mass is 16.4. The van der Waals surface area contributed by atoms with Crippen LogP contribution >= 0.6 is 0 Å². The number of hydrogen-bond donors (Lipinski definition) is 3. The van der Waals surface area contributed by atoms with Gasteiger partial charge in [0.15, 0.2) is 0 Å². The molecule has 0 aromatic rings. The summed E-state index contributed by atoms with van der Waals surface area (Å²) in [5.74, 6) is -1.07. The number of aliphatic carboxylic acids is 1. The van der Waals surface area contributed by atoms with E-state index in [-0.39, 0.29) is 18.0 Å². The Labute approximate surface area is 124 Å². The van der Waals surface area contributed by atoms with Crippen molar-refractivity contribution in [2.75, 3.05) is 13.1 Å². The van der Waals surface area contributed by atoms with Crippen LogP contribution in [0.1, 0.15) is 45.4 Å². The van der Waals surface area contributed by atoms with Crippen molar-refractivity contribution in [3.63, 3.8) is 0 Å². The van der Waals surface area contributed by atoms with Crippen LogP contribution in [-0.2, 0) is 9.59 Å². The van der Waals surface area contributed by atoms with E-state index in [9.17, 15) is 19.5 Å². The van der Waals surface area contributed by atoms with Crippen LogP contribution < -0.4 is 10.6 Å². The number of carboxylic acid groups (broad SMARTS) is 1. The molecule has 1 saturated carbocycles. The zero-order chi connectivity index (χ0) is 15.5. The molecule has 1 aliphatic heterocycles. The van der Waals surface area contributed by atoms with Gasteiger partial charge in [-0.25, -0.2) is 9.59 Å². The van der Waals surface area contributed by atoms with Crippen molar-refractivity contribution in [1.29, 1.82) is 0 Å². The normalized spacial score (nSPS) is 24.4. The van der Waals surface area contributed by atoms with E-state index in [1.807, 2.05) is 0 Å². The molecule has 0 aromatic heterocycles. The third kappa shape index (κ3) is 3.65. The molecule has 2 fully saturated rings. The van der Waals surface area contributed by atoms with Crippen molar-refractivity contribution in [3.05, 3.63) is 0 Å². The smallest absolute Gasteiger partial charge is 0.329 e. The average Bonchev–Trinajstić information content (AvgIpc) is 2.87. The molecule has 2 rings (SSSR count). The Balaban J connectivity index is 1.94. The lowest BCUT2D eigenvalue weighted by molar-refractivity contribution is -0.146. The Morgan fingerprint density at radius 1 is 1.19 bits per heavy atom. The fraction of sp³-hybridized carbons (Fsp3) is 0.786. The summed E-state index contributed by atoms with van der Waals surface area (Å²) in [6.07, 6.45) is 4.32. The fourth-order valence-corrected chi connectivity index (χ4v) is 3.18. The van der Waals surface area contributed by atoms with E-state index in [0.717, 1.165) is 19.3 Å². The largest absolute Gasteiger partial charge is 0.480 e. The second-order valence-corrected chi connectivity index (χ2v) is 6.01. The molecule has 21 heavy (non-hydrogen) atoms. The Bertz CT molecular complexity index is 432. The van der Waals surface area contributed by atoms with E-state index in [1.54, 1.807) is 4.90 Å². The van der Waals surface area contributed by atoms with Gasteiger partial charge < -0.3 is 20.6 Å². The van der Waals surface area contributed by atoms with Gasteiger partial charge in [0.1, 0.15) is 5.54 Å². The maximum Gasteiger partial charge on any atom is 0.329 e. The van der Waals surface area contributed by atoms with Gasteiger partial charge in [-0.05, 0) is 19.3 Å². The van der Waals surface area contributed by atoms with E-state index >= 15 is 0 Å². The van der Waals surface area contributed by atoms with Crippen LogP contribution in [0.3, 0.4) is 0 Å². The third-order valence-corrected chi connectivity index (χ3v) is 4.35. The molecule has 0 spiro atoms. The average molecular weight is 297 g/mol. The quantitative estimate of drug-likeness (QED) is 0.714. The number of likely N-dealkylation sites (tertiary alicyclic amines) is 1. The number of carbonyl (C=O) groups is 3. The number of carboxylic acids is 1. The number of carbonyl (C=O) groups excluding carboxylic acids is 2. The van der Waals surface area contributed by atoms with Gasteiger partial charge in [-0.1, -0.05) is 19.3 Å². The zero-order valence-electron chi connectivity index (χ0n) is 12.4. The Morgan fingerprint density at radius 3 is 2.43 bits per heavy atom. The van der Waals surface area contributed by atoms with Crippen molar-refractivity contribution >= 4 is 17.9 Å². The minimum absolute atomic E-state index is 0.0413. The Hall–Kier alpha value is -1.79. The second kappa shape index (κ2) is 6.32. The molecule has 1 unspecified atom stereocenters. The van der Waals surface area contributed by atoms with Crippen LogP contribution in [0, 0.1) is 0 Å². The van der Waals surface area contributed by atoms with Crippen LogP contribution in [0.25, 0.3) is 0 Å². The van der Waals surface area contributed by atoms with Crippen LogP contribution in [0.2, 0.25) is 0 Å². The Morgan fingerprint density at radius 2 is 1.86 bits per heavy atom. The number of nitrogens with zero attached hydrogens (tertiary/aromatic N) is 1. The standard InChI is InChI=1S/C14H23N3O4/c1-10(18)15-11-5-8-17(9-11)13(21)16-14(12(19)20)6-3-2-4-7-14/h11H,2-9H2,1H3,(H,15,18)(H,16,21)(H,19,20). The summed E-state index contributed by atoms with van der Waals surface area (Å²) in [6, 6.07) is -0.382. The molecule has 3 amide bonds. The molecular formula is C14H23N3O4. The molecule has 2 aliphatic rings. The van der Waals surface area contributed by atoms with Crippen LogP contribution in [0.15, 0.2) is 0 Å². The molecule has 1 saturated heterocycles. The monoisotopic (exact) mass is 297 g/mol. The first-order chi connectivity index (χ1) is 9.93. The lowest BCUT2D eigenvalue weighted by Gasteiger charge is -2.35. The summed E-state index contributed by atoms with van der Waals surface area (Å²) >= 11 is 0. The molecule has 0 aromatic carbocycles. The molecule has 1 atom stereocenters. The van der Waals surface area contributed by atoms with Crippen LogP contribution in [0.5, 0.6) is 0 Å². The first-order valence-electron chi connectivity index (χ1n) is 7.50. The fourth-order valence-electron chi connectivity index (χ4n) is 3.18. The van der Waals surface area contributed by atoms with Crippen molar-refractivity contribution < 1.29 is 19.5 Å². The molecule has 7 nitrogen and oxygen atoms in total. The maximum atomic E-state index is 12.3. The molecule has 118 valence electrons. The van der Waals surface area contributed by atoms with E-state index in [0.29, 0.717) is 32.4 Å². The summed E-state index contributed by atoms with van der Waals surface area (Å²) in [7, 11) is 0. The van der Waals surface area contributed by atoms with Gasteiger partial charge in [0, 0.05) is 26.1 Å². The number of amides is 3. The molecule has 1 aliphatic carbocycles. The van der Waals surface area contributed by atoms with Crippen molar-refractivity contribution in [2.24, 2.45) is 0 Å². The molecule has 0 radical (unpaired) electrons. The number of nitrogens with one attached hydrogen (secondary N) is 2. The van der Waals surface area contributed by atoms with Gasteiger partial charge in [-0.15, -0.1) is 0 Å². The molecule has 0 bridgehead atoms. The Kier molecular flexibility index (Phi) is 4.69. The van der Waals surface area contributed by atoms with Crippen LogP contribution in [-0.4, -0.2) is 52.6 Å². The SMILES string of the molecule is CC(=O)NC1CCN(C(=O)NC2(C(=O)O)CCCCC2)C1. The minimum Gasteiger partial charge on any atom is -0.480 e. The first kappa shape index (κ1) is 15.6. The summed E-state index contributed by atoms with van der Waals surface area (Å²) in [5.41, 5.74) is -1.12. The highest BCUT2D eigenvalue weighted by molar-refractivity contribution is 5.86. The second-order valence-electron chi connectivity index (χ2n) is 6.01. The maximum absolute atomic E-state index is 12.3. The van der Waals surface area contributed by atoms with Crippen molar-refractivity contribution in [2.45, 2.75) is 57.0 Å². The van der Waals surface area contributed by atoms with E-state index in [1.165, 1.54) is 6.92 Å². The zero-order valence-corrected chi connectivity index (χ0v) is 12.4. The summed E-state index contributed by atoms with van der Waals surface area (Å²) in [5, 5.41) is 15.0. The summed E-state index contributed by atoms with van der Waals surface area (Å²) in [6.45, 7) is 2.41. The van der Waals surface area contributed by atoms with Gasteiger partial charge in [0.05, 0.1) is 0 Å². The highest BCUT2D eigenvalue weighted by Gasteiger charge is 2.42. The third-order valence-electron chi connectivity index (χ3n) is 4.35. The first-order valence-corrected chi connectivity index (χ1v) is 7.50. The molecule has 7 heteroatoms. The van der Waals surface area contributed by atoms with Crippen molar-refractivity contribution in [1.82, 2.24) is 15.5 Å². The predicted molar refractivity (Wildman–Crippen MR) is 75.8 cm³/mol. The topological polar surface area (TPSA) is 98.7 Å². The van der Waals surface area contributed by atoms with Gasteiger partial charge in [-0.3, -0.25) is 4.79 Å². The number of urea groups is 1. The van der Waals surface area contributed by atoms with Gasteiger partial charge >= 0.3 is 12.0 Å². The van der Waals surface area contributed by atoms with Gasteiger partial charge in [0.2, 0.25) is 5.91 Å². The van der Waals surface area contributed by atoms with Gasteiger partial charge in [-0.2, -0.15) is 0 Å². The van der Waals surface area contributed by atoms with Crippen LogP contribution in [0.4, 0.5) is 4.79 Å². The lowest BCUT2D eigenvalue weighted by Crippen LogP contribution is -2.58. The van der Waals surface area contributed by atoms with Crippen molar-refractivity contribution in [3.8, 4) is 0 Å². The highest BCUT2D eigenvalue weighted by Crippen LogP contribution is 2.29. The van der Waals surface area contributed by atoms with Gasteiger partial charge in [0.25, 0.3) is 0 Å². The number of hydrogen-bond acceptors (Lipinski definition) is 3. The summed E-state index contributed by atoms with van der Waals surface area (Å²) < 4.78 is 0. The number of rotatable bonds is 3. The lowest BCUT2D eigenvalue weighted by atomic mass is 9.82. The molecule has 3 N–H and O–H groups in total. The molecular weight excluding hydrogens is 274 g/mol. The van der Waals surface area contributed by atoms with E-state index in [2.05, 4.69) is 10.6 Å². The van der Waals surface area contributed by atoms with E-state index in [4.69, 9.17) is 0 Å². The molecule has 1 heterocycles.